The van der Waals surface area contributed by atoms with Crippen molar-refractivity contribution in [1.29, 1.82) is 0 Å². The van der Waals surface area contributed by atoms with E-state index in [2.05, 4.69) is 4.98 Å². The fourth-order valence-corrected chi connectivity index (χ4v) is 2.82. The fourth-order valence-electron chi connectivity index (χ4n) is 2.82. The van der Waals surface area contributed by atoms with Crippen LogP contribution in [0.5, 0.6) is 0 Å². The van der Waals surface area contributed by atoms with E-state index in [9.17, 15) is 4.79 Å². The predicted molar refractivity (Wildman–Crippen MR) is 86.1 cm³/mol. The summed E-state index contributed by atoms with van der Waals surface area (Å²) in [6.45, 7) is 2.93. The molecular formula is C17H15N3O2. The van der Waals surface area contributed by atoms with Crippen LogP contribution in [0.3, 0.4) is 0 Å². The lowest BCUT2D eigenvalue weighted by Crippen LogP contribution is -2.15. The second kappa shape index (κ2) is 4.96. The van der Waals surface area contributed by atoms with Crippen LogP contribution in [0.1, 0.15) is 6.92 Å². The molecule has 22 heavy (non-hydrogen) atoms. The largest absolute Gasteiger partial charge is 0.361 e. The standard InChI is InChI=1S/C17H15N3O2/c1-2-22-11-19-14-9-5-6-10-15(14)20-16(21)12-7-3-4-8-13(12)18-17(19)20/h3-10H,2,11H2,1H3. The monoisotopic (exact) mass is 293 g/mol. The SMILES string of the molecule is CCOCn1c2ccccc2n2c(=O)c3ccccc3nc12. The highest BCUT2D eigenvalue weighted by molar-refractivity contribution is 5.85. The summed E-state index contributed by atoms with van der Waals surface area (Å²) in [5.74, 6) is 0.610. The third-order valence-electron chi connectivity index (χ3n) is 3.84. The van der Waals surface area contributed by atoms with Gasteiger partial charge in [0.2, 0.25) is 5.78 Å². The average molecular weight is 293 g/mol. The molecule has 0 N–H and O–H groups in total. The van der Waals surface area contributed by atoms with Crippen molar-refractivity contribution in [3.63, 3.8) is 0 Å². The molecule has 2 aromatic carbocycles. The molecule has 0 aliphatic carbocycles. The van der Waals surface area contributed by atoms with Crippen LogP contribution >= 0.6 is 0 Å². The van der Waals surface area contributed by atoms with Crippen LogP contribution in [-0.2, 0) is 11.5 Å². The van der Waals surface area contributed by atoms with Crippen LogP contribution in [0, 0.1) is 0 Å². The first-order valence-corrected chi connectivity index (χ1v) is 7.27. The van der Waals surface area contributed by atoms with E-state index in [-0.39, 0.29) is 5.56 Å². The zero-order chi connectivity index (χ0) is 15.1. The van der Waals surface area contributed by atoms with Crippen LogP contribution in [-0.4, -0.2) is 20.6 Å². The molecule has 2 aromatic heterocycles. The third kappa shape index (κ3) is 1.76. The highest BCUT2D eigenvalue weighted by Gasteiger charge is 2.15. The van der Waals surface area contributed by atoms with E-state index in [1.54, 1.807) is 4.40 Å². The molecule has 0 spiro atoms. The fraction of sp³-hybridized carbons (Fsp3) is 0.176. The van der Waals surface area contributed by atoms with Crippen LogP contribution in [0.2, 0.25) is 0 Å². The Hall–Kier alpha value is -2.66. The summed E-state index contributed by atoms with van der Waals surface area (Å²) in [6.07, 6.45) is 0. The maximum absolute atomic E-state index is 12.9. The Morgan fingerprint density at radius 2 is 1.77 bits per heavy atom. The third-order valence-corrected chi connectivity index (χ3v) is 3.84. The molecular weight excluding hydrogens is 278 g/mol. The molecule has 0 bridgehead atoms. The summed E-state index contributed by atoms with van der Waals surface area (Å²) >= 11 is 0. The zero-order valence-corrected chi connectivity index (χ0v) is 12.2. The number of nitrogens with zero attached hydrogens (tertiary/aromatic N) is 3. The number of imidazole rings is 1. The van der Waals surface area contributed by atoms with Crippen LogP contribution < -0.4 is 5.56 Å². The first-order chi connectivity index (χ1) is 10.8. The number of benzene rings is 2. The van der Waals surface area contributed by atoms with Gasteiger partial charge in [-0.15, -0.1) is 0 Å². The molecule has 4 rings (SSSR count). The lowest BCUT2D eigenvalue weighted by Gasteiger charge is -2.05. The van der Waals surface area contributed by atoms with Crippen molar-refractivity contribution in [3.05, 3.63) is 58.9 Å². The smallest absolute Gasteiger partial charge is 0.267 e. The van der Waals surface area contributed by atoms with Gasteiger partial charge in [0.15, 0.2) is 0 Å². The topological polar surface area (TPSA) is 48.5 Å². The Morgan fingerprint density at radius 1 is 1.05 bits per heavy atom. The molecule has 0 aliphatic heterocycles. The highest BCUT2D eigenvalue weighted by atomic mass is 16.5. The van der Waals surface area contributed by atoms with Crippen LogP contribution in [0.15, 0.2) is 53.3 Å². The van der Waals surface area contributed by atoms with Gasteiger partial charge in [0, 0.05) is 6.61 Å². The van der Waals surface area contributed by atoms with Crippen LogP contribution in [0.25, 0.3) is 27.7 Å². The van der Waals surface area contributed by atoms with Crippen molar-refractivity contribution in [1.82, 2.24) is 14.0 Å². The normalized spacial score (nSPS) is 11.7. The van der Waals surface area contributed by atoms with Gasteiger partial charge >= 0.3 is 0 Å². The van der Waals surface area contributed by atoms with E-state index in [0.29, 0.717) is 30.0 Å². The van der Waals surface area contributed by atoms with Gasteiger partial charge in [-0.25, -0.2) is 9.38 Å². The Balaban J connectivity index is 2.22. The molecule has 0 amide bonds. The second-order valence-electron chi connectivity index (χ2n) is 5.11. The Labute approximate surface area is 126 Å². The lowest BCUT2D eigenvalue weighted by atomic mass is 10.2. The van der Waals surface area contributed by atoms with Crippen LogP contribution in [0.4, 0.5) is 0 Å². The first kappa shape index (κ1) is 13.0. The number of para-hydroxylation sites is 3. The van der Waals surface area contributed by atoms with Gasteiger partial charge in [0.1, 0.15) is 6.73 Å². The number of ether oxygens (including phenoxy) is 1. The second-order valence-corrected chi connectivity index (χ2v) is 5.11. The molecule has 0 atom stereocenters. The van der Waals surface area contributed by atoms with E-state index in [0.717, 1.165) is 11.0 Å². The minimum atomic E-state index is -0.0490. The summed E-state index contributed by atoms with van der Waals surface area (Å²) in [5, 5.41) is 0.624. The molecule has 5 heteroatoms. The van der Waals surface area contributed by atoms with Crippen molar-refractivity contribution in [3.8, 4) is 0 Å². The lowest BCUT2D eigenvalue weighted by molar-refractivity contribution is 0.0928. The molecule has 0 unspecified atom stereocenters. The van der Waals surface area contributed by atoms with Gasteiger partial charge in [-0.1, -0.05) is 24.3 Å². The summed E-state index contributed by atoms with van der Waals surface area (Å²) in [7, 11) is 0. The number of hydrogen-bond donors (Lipinski definition) is 0. The van der Waals surface area contributed by atoms with E-state index < -0.39 is 0 Å². The van der Waals surface area contributed by atoms with Crippen molar-refractivity contribution >= 4 is 27.7 Å². The Bertz CT molecular complexity index is 1050. The van der Waals surface area contributed by atoms with Gasteiger partial charge in [0.05, 0.1) is 21.9 Å². The van der Waals surface area contributed by atoms with Gasteiger partial charge in [-0.2, -0.15) is 0 Å². The molecule has 5 nitrogen and oxygen atoms in total. The van der Waals surface area contributed by atoms with Crippen molar-refractivity contribution in [2.45, 2.75) is 13.7 Å². The number of fused-ring (bicyclic) bond motifs is 4. The predicted octanol–water partition coefficient (Wildman–Crippen LogP) is 2.80. The summed E-state index contributed by atoms with van der Waals surface area (Å²) in [4.78, 5) is 17.5. The molecule has 0 saturated carbocycles. The summed E-state index contributed by atoms with van der Waals surface area (Å²) in [5.41, 5.74) is 2.44. The summed E-state index contributed by atoms with van der Waals surface area (Å²) < 4.78 is 9.15. The van der Waals surface area contributed by atoms with Gasteiger partial charge in [0.25, 0.3) is 5.56 Å². The molecule has 0 fully saturated rings. The zero-order valence-electron chi connectivity index (χ0n) is 12.2. The minimum absolute atomic E-state index is 0.0490. The Kier molecular flexibility index (Phi) is 2.94. The van der Waals surface area contributed by atoms with Crippen molar-refractivity contribution in [2.24, 2.45) is 0 Å². The maximum Gasteiger partial charge on any atom is 0.267 e. The van der Waals surface area contributed by atoms with E-state index in [4.69, 9.17) is 4.74 Å². The number of rotatable bonds is 3. The maximum atomic E-state index is 12.9. The van der Waals surface area contributed by atoms with E-state index in [1.165, 1.54) is 0 Å². The number of hydrogen-bond acceptors (Lipinski definition) is 3. The minimum Gasteiger partial charge on any atom is -0.361 e. The molecule has 110 valence electrons. The molecule has 0 radical (unpaired) electrons. The van der Waals surface area contributed by atoms with Gasteiger partial charge < -0.3 is 4.74 Å². The molecule has 0 saturated heterocycles. The first-order valence-electron chi connectivity index (χ1n) is 7.27. The van der Waals surface area contributed by atoms with Crippen molar-refractivity contribution < 1.29 is 4.74 Å². The van der Waals surface area contributed by atoms with E-state index >= 15 is 0 Å². The number of aromatic nitrogens is 3. The molecule has 2 heterocycles. The quantitative estimate of drug-likeness (QED) is 0.583. The van der Waals surface area contributed by atoms with Crippen molar-refractivity contribution in [2.75, 3.05) is 6.61 Å². The summed E-state index contributed by atoms with van der Waals surface area (Å²) in [6, 6.07) is 15.2. The van der Waals surface area contributed by atoms with E-state index in [1.807, 2.05) is 60.0 Å². The van der Waals surface area contributed by atoms with Gasteiger partial charge in [-0.3, -0.25) is 9.36 Å². The van der Waals surface area contributed by atoms with Gasteiger partial charge in [-0.05, 0) is 31.2 Å². The highest BCUT2D eigenvalue weighted by Crippen LogP contribution is 2.20. The Morgan fingerprint density at radius 3 is 2.59 bits per heavy atom. The molecule has 4 aromatic rings. The average Bonchev–Trinajstić information content (AvgIpc) is 2.87. The molecule has 0 aliphatic rings.